The van der Waals surface area contributed by atoms with Gasteiger partial charge in [-0.2, -0.15) is 0 Å². The van der Waals surface area contributed by atoms with E-state index in [1.54, 1.807) is 6.07 Å². The monoisotopic (exact) mass is 236 g/mol. The van der Waals surface area contributed by atoms with Crippen LogP contribution in [0, 0.1) is 11.2 Å². The molecule has 92 valence electrons. The van der Waals surface area contributed by atoms with Crippen molar-refractivity contribution in [3.8, 4) is 0 Å². The second-order valence-corrected chi connectivity index (χ2v) is 4.49. The lowest BCUT2D eigenvalue weighted by molar-refractivity contribution is -0.125. The Balaban J connectivity index is 2.37. The highest BCUT2D eigenvalue weighted by atomic mass is 19.1. The topological polar surface area (TPSA) is 41.1 Å². The third-order valence-electron chi connectivity index (χ3n) is 3.68. The first-order valence-electron chi connectivity index (χ1n) is 5.96. The van der Waals surface area contributed by atoms with E-state index in [0.717, 1.165) is 12.8 Å². The van der Waals surface area contributed by atoms with Crippen LogP contribution in [0.3, 0.4) is 0 Å². The quantitative estimate of drug-likeness (QED) is 0.828. The Bertz CT molecular complexity index is 441. The third-order valence-corrected chi connectivity index (χ3v) is 3.68. The summed E-state index contributed by atoms with van der Waals surface area (Å²) in [6.07, 6.45) is 1.53. The number of amides is 1. The molecule has 3 nitrogen and oxygen atoms in total. The minimum atomic E-state index is -0.407. The number of anilines is 2. The molecule has 0 aromatic heterocycles. The molecule has 2 rings (SSSR count). The molecule has 0 aliphatic carbocycles. The number of rotatable bonds is 2. The molecule has 0 atom stereocenters. The molecule has 1 aromatic carbocycles. The summed E-state index contributed by atoms with van der Waals surface area (Å²) in [4.78, 5) is 12.2. The summed E-state index contributed by atoms with van der Waals surface area (Å²) in [6, 6.07) is 4.36. The summed E-state index contributed by atoms with van der Waals surface area (Å²) >= 11 is 0. The second-order valence-electron chi connectivity index (χ2n) is 4.49. The molecule has 4 heteroatoms. The molecule has 2 N–H and O–H groups in total. The molecule has 0 radical (unpaired) electrons. The van der Waals surface area contributed by atoms with Gasteiger partial charge in [-0.1, -0.05) is 13.8 Å². The Morgan fingerprint density at radius 1 is 1.29 bits per heavy atom. The lowest BCUT2D eigenvalue weighted by Gasteiger charge is -2.27. The highest BCUT2D eigenvalue weighted by molar-refractivity contribution is 5.99. The van der Waals surface area contributed by atoms with Crippen LogP contribution in [0.4, 0.5) is 15.8 Å². The summed E-state index contributed by atoms with van der Waals surface area (Å²) in [5.41, 5.74) is 0.900. The molecule has 0 saturated carbocycles. The van der Waals surface area contributed by atoms with E-state index < -0.39 is 5.41 Å². The Morgan fingerprint density at radius 2 is 2.00 bits per heavy atom. The minimum Gasteiger partial charge on any atom is -0.382 e. The van der Waals surface area contributed by atoms with Crippen LogP contribution < -0.4 is 10.6 Å². The normalized spacial score (nSPS) is 17.7. The number of carbonyl (C=O) groups is 1. The molecule has 1 aromatic rings. The fourth-order valence-corrected chi connectivity index (χ4v) is 2.19. The SMILES string of the molecule is CCC1(CC)CNc2cc(F)ccc2NC1=O. The van der Waals surface area contributed by atoms with Crippen LogP contribution in [0.15, 0.2) is 18.2 Å². The summed E-state index contributed by atoms with van der Waals surface area (Å²) in [7, 11) is 0. The van der Waals surface area contributed by atoms with Gasteiger partial charge in [-0.3, -0.25) is 4.79 Å². The van der Waals surface area contributed by atoms with Crippen molar-refractivity contribution in [1.29, 1.82) is 0 Å². The maximum absolute atomic E-state index is 13.1. The molecule has 0 saturated heterocycles. The molecule has 1 aliphatic heterocycles. The van der Waals surface area contributed by atoms with Gasteiger partial charge >= 0.3 is 0 Å². The molecule has 0 bridgehead atoms. The van der Waals surface area contributed by atoms with Crippen molar-refractivity contribution in [1.82, 2.24) is 0 Å². The van der Waals surface area contributed by atoms with Crippen LogP contribution in [0.5, 0.6) is 0 Å². The van der Waals surface area contributed by atoms with Crippen LogP contribution in [-0.4, -0.2) is 12.5 Å². The summed E-state index contributed by atoms with van der Waals surface area (Å²) < 4.78 is 13.1. The maximum atomic E-state index is 13.1. The molecule has 1 amide bonds. The molecule has 0 spiro atoms. The summed E-state index contributed by atoms with van der Waals surface area (Å²) in [6.45, 7) is 4.55. The van der Waals surface area contributed by atoms with Gasteiger partial charge in [-0.15, -0.1) is 0 Å². The average molecular weight is 236 g/mol. The molecular formula is C13H17FN2O. The highest BCUT2D eigenvalue weighted by Crippen LogP contribution is 2.34. The Morgan fingerprint density at radius 3 is 2.65 bits per heavy atom. The van der Waals surface area contributed by atoms with Crippen molar-refractivity contribution in [2.24, 2.45) is 5.41 Å². The van der Waals surface area contributed by atoms with Crippen LogP contribution in [0.1, 0.15) is 26.7 Å². The van der Waals surface area contributed by atoms with Crippen molar-refractivity contribution >= 4 is 17.3 Å². The van der Waals surface area contributed by atoms with Gasteiger partial charge in [-0.25, -0.2) is 4.39 Å². The van der Waals surface area contributed by atoms with Gasteiger partial charge in [0.25, 0.3) is 0 Å². The first-order chi connectivity index (χ1) is 8.11. The van der Waals surface area contributed by atoms with E-state index in [1.165, 1.54) is 12.1 Å². The van der Waals surface area contributed by atoms with Gasteiger partial charge < -0.3 is 10.6 Å². The average Bonchev–Trinajstić information content (AvgIpc) is 2.46. The van der Waals surface area contributed by atoms with Crippen molar-refractivity contribution in [3.63, 3.8) is 0 Å². The summed E-state index contributed by atoms with van der Waals surface area (Å²) in [5, 5.41) is 6.04. The number of fused-ring (bicyclic) bond motifs is 1. The van der Waals surface area contributed by atoms with Crippen LogP contribution >= 0.6 is 0 Å². The number of halogens is 1. The highest BCUT2D eigenvalue weighted by Gasteiger charge is 2.37. The molecule has 17 heavy (non-hydrogen) atoms. The number of benzene rings is 1. The Hall–Kier alpha value is -1.58. The Kier molecular flexibility index (Phi) is 3.05. The fraction of sp³-hybridized carbons (Fsp3) is 0.462. The smallest absolute Gasteiger partial charge is 0.232 e. The van der Waals surface area contributed by atoms with E-state index in [-0.39, 0.29) is 11.7 Å². The first kappa shape index (κ1) is 11.9. The van der Waals surface area contributed by atoms with E-state index >= 15 is 0 Å². The molecule has 0 fully saturated rings. The zero-order chi connectivity index (χ0) is 12.5. The number of carbonyl (C=O) groups excluding carboxylic acids is 1. The van der Waals surface area contributed by atoms with Crippen molar-refractivity contribution in [2.45, 2.75) is 26.7 Å². The molecular weight excluding hydrogens is 219 g/mol. The lowest BCUT2D eigenvalue weighted by atomic mass is 9.81. The van der Waals surface area contributed by atoms with Gasteiger partial charge in [0.15, 0.2) is 0 Å². The van der Waals surface area contributed by atoms with Gasteiger partial charge in [0.1, 0.15) is 5.82 Å². The van der Waals surface area contributed by atoms with Gasteiger partial charge in [0.2, 0.25) is 5.91 Å². The zero-order valence-corrected chi connectivity index (χ0v) is 10.1. The standard InChI is InChI=1S/C13H17FN2O/c1-3-13(4-2)8-15-11-7-9(14)5-6-10(11)16-12(13)17/h5-7,15H,3-4,8H2,1-2H3,(H,16,17). The van der Waals surface area contributed by atoms with E-state index in [4.69, 9.17) is 0 Å². The molecule has 1 heterocycles. The van der Waals surface area contributed by atoms with Gasteiger partial charge in [-0.05, 0) is 31.0 Å². The van der Waals surface area contributed by atoms with E-state index in [1.807, 2.05) is 13.8 Å². The zero-order valence-electron chi connectivity index (χ0n) is 10.1. The van der Waals surface area contributed by atoms with Crippen molar-refractivity contribution in [3.05, 3.63) is 24.0 Å². The Labute approximate surface area is 100 Å². The van der Waals surface area contributed by atoms with E-state index in [2.05, 4.69) is 10.6 Å². The van der Waals surface area contributed by atoms with Crippen molar-refractivity contribution < 1.29 is 9.18 Å². The number of nitrogens with one attached hydrogen (secondary N) is 2. The van der Waals surface area contributed by atoms with Gasteiger partial charge in [0.05, 0.1) is 16.8 Å². The van der Waals surface area contributed by atoms with Crippen LogP contribution in [0.25, 0.3) is 0 Å². The maximum Gasteiger partial charge on any atom is 0.232 e. The molecule has 1 aliphatic rings. The van der Waals surface area contributed by atoms with Crippen LogP contribution in [-0.2, 0) is 4.79 Å². The third kappa shape index (κ3) is 1.99. The van der Waals surface area contributed by atoms with Crippen molar-refractivity contribution in [2.75, 3.05) is 17.2 Å². The van der Waals surface area contributed by atoms with E-state index in [0.29, 0.717) is 17.9 Å². The first-order valence-corrected chi connectivity index (χ1v) is 5.96. The van der Waals surface area contributed by atoms with Crippen LogP contribution in [0.2, 0.25) is 0 Å². The van der Waals surface area contributed by atoms with E-state index in [9.17, 15) is 9.18 Å². The molecule has 0 unspecified atom stereocenters. The largest absolute Gasteiger partial charge is 0.382 e. The minimum absolute atomic E-state index is 0.0142. The number of hydrogen-bond acceptors (Lipinski definition) is 2. The predicted molar refractivity (Wildman–Crippen MR) is 66.5 cm³/mol. The summed E-state index contributed by atoms with van der Waals surface area (Å²) in [5.74, 6) is -0.286. The van der Waals surface area contributed by atoms with Gasteiger partial charge in [0, 0.05) is 6.54 Å². The number of hydrogen-bond donors (Lipinski definition) is 2. The predicted octanol–water partition coefficient (Wildman–Crippen LogP) is 3.00. The lowest BCUT2D eigenvalue weighted by Crippen LogP contribution is -2.39. The fourth-order valence-electron chi connectivity index (χ4n) is 2.19. The second kappa shape index (κ2) is 4.35.